The number of hydrogen-bond acceptors (Lipinski definition) is 9. The highest BCUT2D eigenvalue weighted by molar-refractivity contribution is 5.81. The maximum Gasteiger partial charge on any atom is 0.344 e. The predicted molar refractivity (Wildman–Crippen MR) is 117 cm³/mol. The molecule has 4 aliphatic rings. The van der Waals surface area contributed by atoms with Gasteiger partial charge in [-0.1, -0.05) is 25.1 Å². The molecule has 2 bridgehead atoms. The van der Waals surface area contributed by atoms with Gasteiger partial charge in [0, 0.05) is 6.42 Å². The second kappa shape index (κ2) is 8.39. The number of esters is 3. The van der Waals surface area contributed by atoms with Gasteiger partial charge in [-0.05, 0) is 39.2 Å². The number of hydrogen-bond donors (Lipinski definition) is 0. The van der Waals surface area contributed by atoms with Gasteiger partial charge in [0.1, 0.15) is 29.8 Å². The van der Waals surface area contributed by atoms with E-state index in [2.05, 4.69) is 0 Å². The third kappa shape index (κ3) is 3.96. The predicted octanol–water partition coefficient (Wildman–Crippen LogP) is 1.70. The molecule has 0 spiro atoms. The summed E-state index contributed by atoms with van der Waals surface area (Å²) in [5.41, 5.74) is -0.673. The summed E-state index contributed by atoms with van der Waals surface area (Å²) in [6.45, 7) is 3.43. The van der Waals surface area contributed by atoms with Gasteiger partial charge >= 0.3 is 17.9 Å². The van der Waals surface area contributed by atoms with E-state index in [9.17, 15) is 14.4 Å². The molecule has 182 valence electrons. The summed E-state index contributed by atoms with van der Waals surface area (Å²) in [4.78, 5) is 40.0. The fraction of sp³-hybridized carbons (Fsp3) is 0.560. The maximum absolute atomic E-state index is 13.0. The molecular weight excluding hydrogens is 442 g/mol. The number of benzene rings is 1. The lowest BCUT2D eigenvalue weighted by atomic mass is 9.80. The fourth-order valence-corrected chi connectivity index (χ4v) is 5.49. The van der Waals surface area contributed by atoms with Crippen LogP contribution in [0.15, 0.2) is 42.2 Å². The van der Waals surface area contributed by atoms with E-state index in [1.54, 1.807) is 25.1 Å². The Kier molecular flexibility index (Phi) is 5.64. The summed E-state index contributed by atoms with van der Waals surface area (Å²) in [5.74, 6) is -1.79. The largest absolute Gasteiger partial charge is 0.482 e. The summed E-state index contributed by atoms with van der Waals surface area (Å²) in [5, 5.41) is 0. The molecule has 1 aromatic carbocycles. The first kappa shape index (κ1) is 22.9. The van der Waals surface area contributed by atoms with E-state index >= 15 is 0 Å². The van der Waals surface area contributed by atoms with E-state index in [0.29, 0.717) is 17.9 Å². The standard InChI is InChI=1S/C25H29NO8/c1-13-19-16-10-15(24(29)31-16)20(26(3)4)21(22-25(2,34-22)11-17(19)32-23(13)28)33-18(27)12-30-14-8-6-5-7-9-14/h5-10,13,15,17,19-22H,11-12H2,1-4H3. The molecular formula is C25H29NO8. The van der Waals surface area contributed by atoms with E-state index in [0.717, 1.165) is 0 Å². The smallest absolute Gasteiger partial charge is 0.344 e. The van der Waals surface area contributed by atoms with Gasteiger partial charge < -0.3 is 28.6 Å². The van der Waals surface area contributed by atoms with Gasteiger partial charge in [-0.15, -0.1) is 0 Å². The van der Waals surface area contributed by atoms with E-state index < -0.39 is 53.7 Å². The van der Waals surface area contributed by atoms with Crippen LogP contribution in [0.3, 0.4) is 0 Å². The number of rotatable bonds is 5. The van der Waals surface area contributed by atoms with Crippen molar-refractivity contribution in [1.29, 1.82) is 0 Å². The van der Waals surface area contributed by atoms with Crippen LogP contribution in [0.4, 0.5) is 0 Å². The normalized spacial score (nSPS) is 38.3. The zero-order chi connectivity index (χ0) is 24.2. The van der Waals surface area contributed by atoms with E-state index in [1.807, 2.05) is 44.1 Å². The molecule has 3 aliphatic heterocycles. The second-order valence-electron chi connectivity index (χ2n) is 9.87. The summed E-state index contributed by atoms with van der Waals surface area (Å²) >= 11 is 0. The molecule has 8 unspecified atom stereocenters. The highest BCUT2D eigenvalue weighted by Gasteiger charge is 2.65. The lowest BCUT2D eigenvalue weighted by molar-refractivity contribution is -0.160. The first-order valence-corrected chi connectivity index (χ1v) is 11.5. The monoisotopic (exact) mass is 471 g/mol. The Morgan fingerprint density at radius 1 is 1.18 bits per heavy atom. The van der Waals surface area contributed by atoms with Crippen LogP contribution in [0.2, 0.25) is 0 Å². The van der Waals surface area contributed by atoms with Gasteiger partial charge in [0.25, 0.3) is 0 Å². The quantitative estimate of drug-likeness (QED) is 0.361. The van der Waals surface area contributed by atoms with Crippen molar-refractivity contribution in [2.24, 2.45) is 17.8 Å². The van der Waals surface area contributed by atoms with Gasteiger partial charge in [0.2, 0.25) is 0 Å². The molecule has 5 rings (SSSR count). The number of likely N-dealkylation sites (N-methyl/N-ethyl adjacent to an activating group) is 1. The van der Waals surface area contributed by atoms with Gasteiger partial charge in [0.15, 0.2) is 6.61 Å². The molecule has 2 fully saturated rings. The molecule has 0 radical (unpaired) electrons. The molecule has 0 amide bonds. The number of fused-ring (bicyclic) bond motifs is 4. The number of epoxide rings is 1. The lowest BCUT2D eigenvalue weighted by Gasteiger charge is -2.34. The molecule has 34 heavy (non-hydrogen) atoms. The van der Waals surface area contributed by atoms with Gasteiger partial charge in [-0.25, -0.2) is 4.79 Å². The molecule has 9 heteroatoms. The highest BCUT2D eigenvalue weighted by atomic mass is 16.7. The fourth-order valence-electron chi connectivity index (χ4n) is 5.49. The Morgan fingerprint density at radius 2 is 1.91 bits per heavy atom. The van der Waals surface area contributed by atoms with Crippen molar-refractivity contribution in [3.05, 3.63) is 42.2 Å². The zero-order valence-electron chi connectivity index (χ0n) is 19.6. The van der Waals surface area contributed by atoms with Gasteiger partial charge in [-0.3, -0.25) is 9.59 Å². The molecule has 0 aromatic heterocycles. The molecule has 0 saturated carbocycles. The maximum atomic E-state index is 13.0. The summed E-state index contributed by atoms with van der Waals surface area (Å²) in [6, 6.07) is 8.46. The number of ether oxygens (including phenoxy) is 5. The average Bonchev–Trinajstić information content (AvgIpc) is 3.19. The Hall–Kier alpha value is -2.91. The van der Waals surface area contributed by atoms with Crippen LogP contribution in [0.1, 0.15) is 20.3 Å². The van der Waals surface area contributed by atoms with Crippen molar-refractivity contribution in [1.82, 2.24) is 4.90 Å². The molecule has 9 nitrogen and oxygen atoms in total. The molecule has 2 saturated heterocycles. The van der Waals surface area contributed by atoms with Crippen molar-refractivity contribution < 1.29 is 38.1 Å². The van der Waals surface area contributed by atoms with Crippen molar-refractivity contribution in [2.45, 2.75) is 50.2 Å². The Labute approximate surface area is 197 Å². The third-order valence-corrected chi connectivity index (χ3v) is 7.26. The first-order chi connectivity index (χ1) is 16.2. The highest BCUT2D eigenvalue weighted by Crippen LogP contribution is 2.51. The minimum absolute atomic E-state index is 0.278. The van der Waals surface area contributed by atoms with Crippen LogP contribution in [-0.2, 0) is 33.3 Å². The van der Waals surface area contributed by atoms with Gasteiger partial charge in [0.05, 0.1) is 29.4 Å². The van der Waals surface area contributed by atoms with Crippen molar-refractivity contribution in [3.63, 3.8) is 0 Å². The topological polar surface area (TPSA) is 104 Å². The summed E-state index contributed by atoms with van der Waals surface area (Å²) < 4.78 is 28.9. The van der Waals surface area contributed by atoms with Crippen LogP contribution in [0.5, 0.6) is 5.75 Å². The first-order valence-electron chi connectivity index (χ1n) is 11.5. The van der Waals surface area contributed by atoms with Crippen LogP contribution >= 0.6 is 0 Å². The van der Waals surface area contributed by atoms with Crippen molar-refractivity contribution in [3.8, 4) is 5.75 Å². The zero-order valence-corrected chi connectivity index (χ0v) is 19.6. The van der Waals surface area contributed by atoms with Crippen LogP contribution in [0, 0.1) is 17.8 Å². The summed E-state index contributed by atoms with van der Waals surface area (Å²) in [6.07, 6.45) is 0.455. The van der Waals surface area contributed by atoms with E-state index in [-0.39, 0.29) is 18.5 Å². The number of carbonyl (C=O) groups excluding carboxylic acids is 3. The summed E-state index contributed by atoms with van der Waals surface area (Å²) in [7, 11) is 3.65. The van der Waals surface area contributed by atoms with Crippen molar-refractivity contribution in [2.75, 3.05) is 20.7 Å². The molecule has 1 aliphatic carbocycles. The van der Waals surface area contributed by atoms with Crippen molar-refractivity contribution >= 4 is 17.9 Å². The molecule has 1 aromatic rings. The minimum atomic E-state index is -0.758. The molecule has 3 heterocycles. The Bertz CT molecular complexity index is 1020. The Balaban J connectivity index is 1.43. The average molecular weight is 472 g/mol. The van der Waals surface area contributed by atoms with Gasteiger partial charge in [-0.2, -0.15) is 0 Å². The van der Waals surface area contributed by atoms with Crippen LogP contribution in [0.25, 0.3) is 0 Å². The van der Waals surface area contributed by atoms with Crippen LogP contribution in [-0.4, -0.2) is 73.5 Å². The number of nitrogens with zero attached hydrogens (tertiary/aromatic N) is 1. The van der Waals surface area contributed by atoms with Crippen LogP contribution < -0.4 is 4.74 Å². The Morgan fingerprint density at radius 3 is 2.62 bits per heavy atom. The number of carbonyl (C=O) groups is 3. The minimum Gasteiger partial charge on any atom is -0.482 e. The van der Waals surface area contributed by atoms with E-state index in [4.69, 9.17) is 23.7 Å². The van der Waals surface area contributed by atoms with E-state index in [1.165, 1.54) is 0 Å². The number of para-hydroxylation sites is 1. The molecule has 8 atom stereocenters. The SMILES string of the molecule is CC1C(=O)OC2CC3(C)OC3C(OC(=O)COc3ccccc3)C(N(C)C)C3C=C(OC3=O)C21. The third-order valence-electron chi connectivity index (χ3n) is 7.26. The second-order valence-corrected chi connectivity index (χ2v) is 9.87. The lowest BCUT2D eigenvalue weighted by Crippen LogP contribution is -2.52. The molecule has 0 N–H and O–H groups in total.